The fourth-order valence-corrected chi connectivity index (χ4v) is 4.36. The van der Waals surface area contributed by atoms with Crippen molar-refractivity contribution in [2.45, 2.75) is 31.5 Å². The van der Waals surface area contributed by atoms with E-state index in [1.807, 2.05) is 48.9 Å². The zero-order valence-corrected chi connectivity index (χ0v) is 20.4. The largest absolute Gasteiger partial charge is 0.383 e. The topological polar surface area (TPSA) is 128 Å². The van der Waals surface area contributed by atoms with Crippen molar-refractivity contribution in [1.82, 2.24) is 19.1 Å². The maximum absolute atomic E-state index is 13.2. The zero-order valence-electron chi connectivity index (χ0n) is 19.6. The minimum Gasteiger partial charge on any atom is -0.383 e. The maximum Gasteiger partial charge on any atom is 0.330 e. The molecular weight excluding hydrogens is 456 g/mol. The average molecular weight is 487 g/mol. The molecule has 1 aromatic carbocycles. The number of rotatable bonds is 11. The first kappa shape index (κ1) is 25.3. The molecule has 0 bridgehead atoms. The molecule has 0 spiro atoms. The summed E-state index contributed by atoms with van der Waals surface area (Å²) in [6.45, 7) is 2.65. The number of carbonyl (C=O) groups excluding carboxylic acids is 1. The van der Waals surface area contributed by atoms with Crippen LogP contribution in [0.15, 0.2) is 51.3 Å². The summed E-state index contributed by atoms with van der Waals surface area (Å²) >= 11 is 1.26. The number of carbonyl (C=O) groups is 1. The van der Waals surface area contributed by atoms with Crippen LogP contribution in [-0.2, 0) is 23.1 Å². The standard InChI is InChI=1S/C23H30N6O4S/c1-4-5-11-29-20(24)19(21(31)26-22(29)32)28(12-13-33-3)18(30)15-34-23-25-14-17(27(23)2)16-9-7-6-8-10-16/h6-10,14H,4-5,11-13,15,24H2,1-3H3,(H,26,31,32). The highest BCUT2D eigenvalue weighted by Crippen LogP contribution is 2.26. The maximum atomic E-state index is 13.2. The van der Waals surface area contributed by atoms with Gasteiger partial charge in [-0.15, -0.1) is 0 Å². The van der Waals surface area contributed by atoms with Gasteiger partial charge in [-0.2, -0.15) is 0 Å². The Morgan fingerprint density at radius 3 is 2.68 bits per heavy atom. The van der Waals surface area contributed by atoms with E-state index in [2.05, 4.69) is 9.97 Å². The van der Waals surface area contributed by atoms with Gasteiger partial charge in [-0.1, -0.05) is 55.4 Å². The summed E-state index contributed by atoms with van der Waals surface area (Å²) in [5, 5.41) is 0.661. The second-order valence-electron chi connectivity index (χ2n) is 7.68. The predicted octanol–water partition coefficient (Wildman–Crippen LogP) is 2.09. The molecule has 0 aliphatic carbocycles. The van der Waals surface area contributed by atoms with Crippen LogP contribution < -0.4 is 21.9 Å². The fourth-order valence-electron chi connectivity index (χ4n) is 3.53. The summed E-state index contributed by atoms with van der Waals surface area (Å²) in [7, 11) is 3.39. The number of ether oxygens (including phenoxy) is 1. The summed E-state index contributed by atoms with van der Waals surface area (Å²) < 4.78 is 8.35. The first-order chi connectivity index (χ1) is 16.4. The van der Waals surface area contributed by atoms with E-state index in [0.717, 1.165) is 17.7 Å². The lowest BCUT2D eigenvalue weighted by atomic mass is 10.2. The predicted molar refractivity (Wildman–Crippen MR) is 134 cm³/mol. The van der Waals surface area contributed by atoms with E-state index in [9.17, 15) is 14.4 Å². The first-order valence-electron chi connectivity index (χ1n) is 11.0. The first-order valence-corrected chi connectivity index (χ1v) is 12.0. The van der Waals surface area contributed by atoms with E-state index in [-0.39, 0.29) is 36.3 Å². The van der Waals surface area contributed by atoms with Gasteiger partial charge in [0.25, 0.3) is 5.56 Å². The van der Waals surface area contributed by atoms with E-state index < -0.39 is 11.2 Å². The van der Waals surface area contributed by atoms with E-state index in [1.165, 1.54) is 28.3 Å². The molecule has 3 N–H and O–H groups in total. The van der Waals surface area contributed by atoms with Gasteiger partial charge in [0, 0.05) is 27.2 Å². The van der Waals surface area contributed by atoms with Crippen LogP contribution in [0.3, 0.4) is 0 Å². The number of imidazole rings is 1. The second-order valence-corrected chi connectivity index (χ2v) is 8.62. The van der Waals surface area contributed by atoms with Gasteiger partial charge in [-0.25, -0.2) is 9.78 Å². The summed E-state index contributed by atoms with van der Waals surface area (Å²) in [5.41, 5.74) is 6.84. The van der Waals surface area contributed by atoms with Gasteiger partial charge < -0.3 is 19.9 Å². The Bertz CT molecular complexity index is 1230. The molecule has 182 valence electrons. The number of unbranched alkanes of at least 4 members (excludes halogenated alkanes) is 1. The molecule has 10 nitrogen and oxygen atoms in total. The molecule has 2 aromatic heterocycles. The molecule has 3 rings (SSSR count). The van der Waals surface area contributed by atoms with Crippen molar-refractivity contribution >= 4 is 29.2 Å². The number of methoxy groups -OCH3 is 1. The molecule has 0 radical (unpaired) electrons. The van der Waals surface area contributed by atoms with Crippen molar-refractivity contribution in [3.05, 3.63) is 57.4 Å². The normalized spacial score (nSPS) is 11.0. The Morgan fingerprint density at radius 1 is 1.26 bits per heavy atom. The molecule has 0 saturated heterocycles. The lowest BCUT2D eigenvalue weighted by Gasteiger charge is -2.24. The number of benzene rings is 1. The molecule has 0 atom stereocenters. The lowest BCUT2D eigenvalue weighted by molar-refractivity contribution is -0.116. The van der Waals surface area contributed by atoms with E-state index >= 15 is 0 Å². The SMILES string of the molecule is CCCCn1c(N)c(N(CCOC)C(=O)CSc2ncc(-c3ccccc3)n2C)c(=O)[nH]c1=O. The van der Waals surface area contributed by atoms with Crippen LogP contribution in [0.5, 0.6) is 0 Å². The van der Waals surface area contributed by atoms with E-state index in [0.29, 0.717) is 18.1 Å². The molecule has 11 heteroatoms. The molecular formula is C23H30N6O4S. The number of nitrogen functional groups attached to an aromatic ring is 1. The molecule has 0 aliphatic heterocycles. The van der Waals surface area contributed by atoms with Crippen molar-refractivity contribution in [2.75, 3.05) is 36.6 Å². The Kier molecular flexibility index (Phi) is 8.72. The smallest absolute Gasteiger partial charge is 0.330 e. The molecule has 0 fully saturated rings. The van der Waals surface area contributed by atoms with Crippen LogP contribution in [0.2, 0.25) is 0 Å². The van der Waals surface area contributed by atoms with Gasteiger partial charge in [-0.3, -0.25) is 19.1 Å². The van der Waals surface area contributed by atoms with Crippen LogP contribution in [0.1, 0.15) is 19.8 Å². The van der Waals surface area contributed by atoms with Gasteiger partial charge in [0.05, 0.1) is 24.3 Å². The Labute approximate surface area is 201 Å². The number of thioether (sulfide) groups is 1. The average Bonchev–Trinajstić information content (AvgIpc) is 3.20. The third-order valence-electron chi connectivity index (χ3n) is 5.38. The molecule has 0 unspecified atom stereocenters. The van der Waals surface area contributed by atoms with Crippen LogP contribution in [-0.4, -0.2) is 51.0 Å². The van der Waals surface area contributed by atoms with Crippen LogP contribution in [0.25, 0.3) is 11.3 Å². The summed E-state index contributed by atoms with van der Waals surface area (Å²) in [6.07, 6.45) is 3.31. The Hall–Kier alpha value is -3.31. The molecule has 0 aliphatic rings. The third-order valence-corrected chi connectivity index (χ3v) is 6.41. The van der Waals surface area contributed by atoms with Crippen LogP contribution in [0, 0.1) is 0 Å². The van der Waals surface area contributed by atoms with Crippen molar-refractivity contribution in [1.29, 1.82) is 0 Å². The highest BCUT2D eigenvalue weighted by molar-refractivity contribution is 7.99. The third kappa shape index (κ3) is 5.60. The summed E-state index contributed by atoms with van der Waals surface area (Å²) in [6, 6.07) is 9.83. The van der Waals surface area contributed by atoms with Crippen molar-refractivity contribution in [3.8, 4) is 11.3 Å². The minimum absolute atomic E-state index is 0.0236. The van der Waals surface area contributed by atoms with Crippen molar-refractivity contribution in [2.24, 2.45) is 7.05 Å². The number of nitrogens with zero attached hydrogens (tertiary/aromatic N) is 4. The van der Waals surface area contributed by atoms with E-state index in [1.54, 1.807) is 6.20 Å². The molecule has 3 aromatic rings. The molecule has 1 amide bonds. The van der Waals surface area contributed by atoms with Crippen molar-refractivity contribution in [3.63, 3.8) is 0 Å². The number of nitrogens with one attached hydrogen (secondary N) is 1. The van der Waals surface area contributed by atoms with Gasteiger partial charge in [-0.05, 0) is 12.0 Å². The molecule has 34 heavy (non-hydrogen) atoms. The summed E-state index contributed by atoms with van der Waals surface area (Å²) in [4.78, 5) is 46.2. The summed E-state index contributed by atoms with van der Waals surface area (Å²) in [5.74, 6) is -0.348. The number of amides is 1. The van der Waals surface area contributed by atoms with Gasteiger partial charge in [0.15, 0.2) is 10.8 Å². The zero-order chi connectivity index (χ0) is 24.7. The minimum atomic E-state index is -0.701. The van der Waals surface area contributed by atoms with Gasteiger partial charge in [0.1, 0.15) is 5.82 Å². The van der Waals surface area contributed by atoms with Gasteiger partial charge >= 0.3 is 5.69 Å². The number of H-pyrrole nitrogens is 1. The second kappa shape index (κ2) is 11.7. The number of aromatic amines is 1. The van der Waals surface area contributed by atoms with Gasteiger partial charge in [0.2, 0.25) is 5.91 Å². The monoisotopic (exact) mass is 486 g/mol. The number of hydrogen-bond acceptors (Lipinski definition) is 7. The number of nitrogens with two attached hydrogens (primary N) is 1. The highest BCUT2D eigenvalue weighted by Gasteiger charge is 2.24. The fraction of sp³-hybridized carbons (Fsp3) is 0.391. The van der Waals surface area contributed by atoms with Crippen molar-refractivity contribution < 1.29 is 9.53 Å². The van der Waals surface area contributed by atoms with Crippen LogP contribution in [0.4, 0.5) is 11.5 Å². The number of hydrogen-bond donors (Lipinski definition) is 2. The lowest BCUT2D eigenvalue weighted by Crippen LogP contribution is -2.43. The Morgan fingerprint density at radius 2 is 2.00 bits per heavy atom. The molecule has 0 saturated carbocycles. The molecule has 2 heterocycles. The Balaban J connectivity index is 1.86. The quantitative estimate of drug-likeness (QED) is 0.397. The van der Waals surface area contributed by atoms with Crippen LogP contribution >= 0.6 is 11.8 Å². The highest BCUT2D eigenvalue weighted by atomic mass is 32.2. The number of aromatic nitrogens is 4. The van der Waals surface area contributed by atoms with E-state index in [4.69, 9.17) is 10.5 Å². The number of anilines is 2.